The van der Waals surface area contributed by atoms with Crippen LogP contribution >= 0.6 is 23.2 Å². The van der Waals surface area contributed by atoms with E-state index < -0.39 is 0 Å². The molecule has 0 aliphatic rings. The summed E-state index contributed by atoms with van der Waals surface area (Å²) in [6.45, 7) is 3.07. The Morgan fingerprint density at radius 3 is 2.72 bits per heavy atom. The van der Waals surface area contributed by atoms with Gasteiger partial charge < -0.3 is 5.32 Å². The van der Waals surface area contributed by atoms with Crippen molar-refractivity contribution in [3.63, 3.8) is 0 Å². The number of nitrogens with one attached hydrogen (secondary N) is 1. The third kappa shape index (κ3) is 5.31. The van der Waals surface area contributed by atoms with Crippen molar-refractivity contribution in [1.29, 1.82) is 0 Å². The lowest BCUT2D eigenvalue weighted by molar-refractivity contribution is 0.479. The highest BCUT2D eigenvalue weighted by molar-refractivity contribution is 6.42. The van der Waals surface area contributed by atoms with E-state index in [2.05, 4.69) is 18.2 Å². The molecule has 0 aliphatic heterocycles. The molecule has 1 nitrogen and oxygen atoms in total. The Hall–Kier alpha value is -0.680. The smallest absolute Gasteiger partial charge is 0.0595 e. The Morgan fingerprint density at radius 1 is 1.33 bits per heavy atom. The third-order valence-electron chi connectivity index (χ3n) is 2.83. The summed E-state index contributed by atoms with van der Waals surface area (Å²) in [5.74, 6) is 2.68. The number of benzene rings is 1. The van der Waals surface area contributed by atoms with E-state index in [9.17, 15) is 0 Å². The number of halogens is 2. The zero-order valence-corrected chi connectivity index (χ0v) is 12.2. The minimum absolute atomic E-state index is 0.445. The van der Waals surface area contributed by atoms with Gasteiger partial charge in [-0.3, -0.25) is 0 Å². The summed E-state index contributed by atoms with van der Waals surface area (Å²) in [5, 5.41) is 4.70. The van der Waals surface area contributed by atoms with Crippen molar-refractivity contribution in [2.75, 3.05) is 6.54 Å². The zero-order chi connectivity index (χ0) is 13.4. The molecule has 0 saturated heterocycles. The summed E-state index contributed by atoms with van der Waals surface area (Å²) in [5.41, 5.74) is 1.20. The fourth-order valence-corrected chi connectivity index (χ4v) is 2.29. The summed E-state index contributed by atoms with van der Waals surface area (Å²) in [4.78, 5) is 0. The SMILES string of the molecule is C#CCCCC(Cc1ccc(Cl)c(Cl)c1)NCC. The van der Waals surface area contributed by atoms with E-state index in [1.165, 1.54) is 5.56 Å². The van der Waals surface area contributed by atoms with Crippen LogP contribution in [-0.2, 0) is 6.42 Å². The molecule has 0 heterocycles. The molecule has 0 spiro atoms. The quantitative estimate of drug-likeness (QED) is 0.581. The molecule has 1 atom stereocenters. The number of rotatable bonds is 7. The predicted octanol–water partition coefficient (Wildman–Crippen LogP) is 4.32. The van der Waals surface area contributed by atoms with Crippen molar-refractivity contribution in [2.45, 2.75) is 38.6 Å². The first kappa shape index (κ1) is 15.4. The summed E-state index contributed by atoms with van der Waals surface area (Å²) >= 11 is 11.9. The zero-order valence-electron chi connectivity index (χ0n) is 10.7. The minimum atomic E-state index is 0.445. The third-order valence-corrected chi connectivity index (χ3v) is 3.57. The summed E-state index contributed by atoms with van der Waals surface area (Å²) < 4.78 is 0. The van der Waals surface area contributed by atoms with Gasteiger partial charge in [-0.1, -0.05) is 36.2 Å². The van der Waals surface area contributed by atoms with Gasteiger partial charge in [-0.15, -0.1) is 12.3 Å². The maximum atomic E-state index is 6.02. The lowest BCUT2D eigenvalue weighted by Gasteiger charge is -2.17. The van der Waals surface area contributed by atoms with Gasteiger partial charge in [-0.25, -0.2) is 0 Å². The second-order valence-electron chi connectivity index (χ2n) is 4.30. The molecular weight excluding hydrogens is 265 g/mol. The molecule has 1 rings (SSSR count). The minimum Gasteiger partial charge on any atom is -0.314 e. The fraction of sp³-hybridized carbons (Fsp3) is 0.467. The van der Waals surface area contributed by atoms with Crippen molar-refractivity contribution < 1.29 is 0 Å². The molecule has 0 amide bonds. The molecule has 0 fully saturated rings. The normalized spacial score (nSPS) is 12.1. The lowest BCUT2D eigenvalue weighted by Crippen LogP contribution is -2.30. The Morgan fingerprint density at radius 2 is 2.11 bits per heavy atom. The van der Waals surface area contributed by atoms with Crippen molar-refractivity contribution in [3.05, 3.63) is 33.8 Å². The van der Waals surface area contributed by atoms with Gasteiger partial charge in [0.25, 0.3) is 0 Å². The Labute approximate surface area is 120 Å². The molecule has 0 bridgehead atoms. The maximum Gasteiger partial charge on any atom is 0.0595 e. The van der Waals surface area contributed by atoms with Crippen LogP contribution in [0.4, 0.5) is 0 Å². The van der Waals surface area contributed by atoms with Crippen LogP contribution in [0, 0.1) is 12.3 Å². The van der Waals surface area contributed by atoms with Gasteiger partial charge in [0.05, 0.1) is 10.0 Å². The highest BCUT2D eigenvalue weighted by Crippen LogP contribution is 2.23. The first-order chi connectivity index (χ1) is 8.67. The Kier molecular flexibility index (Phi) is 7.20. The van der Waals surface area contributed by atoms with Gasteiger partial charge in [0.2, 0.25) is 0 Å². The van der Waals surface area contributed by atoms with Crippen LogP contribution in [0.25, 0.3) is 0 Å². The van der Waals surface area contributed by atoms with Crippen molar-refractivity contribution in [2.24, 2.45) is 0 Å². The Bertz CT molecular complexity index is 409. The van der Waals surface area contributed by atoms with Crippen LogP contribution in [0.15, 0.2) is 18.2 Å². The second kappa shape index (κ2) is 8.43. The van der Waals surface area contributed by atoms with E-state index in [1.807, 2.05) is 18.2 Å². The van der Waals surface area contributed by atoms with Crippen LogP contribution < -0.4 is 5.32 Å². The predicted molar refractivity (Wildman–Crippen MR) is 80.3 cm³/mol. The topological polar surface area (TPSA) is 12.0 Å². The average molecular weight is 284 g/mol. The fourth-order valence-electron chi connectivity index (χ4n) is 1.97. The molecular formula is C15H19Cl2N. The van der Waals surface area contributed by atoms with Gasteiger partial charge in [-0.2, -0.15) is 0 Å². The molecule has 0 saturated carbocycles. The van der Waals surface area contributed by atoms with E-state index in [0.717, 1.165) is 32.2 Å². The van der Waals surface area contributed by atoms with Crippen molar-refractivity contribution in [1.82, 2.24) is 5.32 Å². The standard InChI is InChI=1S/C15H19Cl2N/c1-3-5-6-7-13(18-4-2)10-12-8-9-14(16)15(17)11-12/h1,8-9,11,13,18H,4-7,10H2,2H3. The first-order valence-electron chi connectivity index (χ1n) is 6.28. The van der Waals surface area contributed by atoms with Gasteiger partial charge in [-0.05, 0) is 43.5 Å². The molecule has 1 unspecified atom stereocenters. The van der Waals surface area contributed by atoms with Gasteiger partial charge >= 0.3 is 0 Å². The van der Waals surface area contributed by atoms with Gasteiger partial charge in [0, 0.05) is 12.5 Å². The summed E-state index contributed by atoms with van der Waals surface area (Å²) in [6, 6.07) is 6.26. The molecule has 0 aliphatic carbocycles. The second-order valence-corrected chi connectivity index (χ2v) is 5.12. The summed E-state index contributed by atoms with van der Waals surface area (Å²) in [7, 11) is 0. The lowest BCUT2D eigenvalue weighted by atomic mass is 10.0. The molecule has 0 aromatic heterocycles. The highest BCUT2D eigenvalue weighted by atomic mass is 35.5. The Balaban J connectivity index is 2.58. The average Bonchev–Trinajstić information content (AvgIpc) is 2.34. The van der Waals surface area contributed by atoms with E-state index >= 15 is 0 Å². The van der Waals surface area contributed by atoms with Crippen LogP contribution in [-0.4, -0.2) is 12.6 Å². The monoisotopic (exact) mass is 283 g/mol. The molecule has 1 N–H and O–H groups in total. The van der Waals surface area contributed by atoms with Crippen LogP contribution in [0.3, 0.4) is 0 Å². The van der Waals surface area contributed by atoms with Crippen molar-refractivity contribution in [3.8, 4) is 12.3 Å². The number of terminal acetylenes is 1. The van der Waals surface area contributed by atoms with Gasteiger partial charge in [0.15, 0.2) is 0 Å². The van der Waals surface area contributed by atoms with Crippen LogP contribution in [0.2, 0.25) is 10.0 Å². The van der Waals surface area contributed by atoms with E-state index in [0.29, 0.717) is 16.1 Å². The summed E-state index contributed by atoms with van der Waals surface area (Å²) in [6.07, 6.45) is 9.20. The van der Waals surface area contributed by atoms with E-state index in [1.54, 1.807) is 0 Å². The van der Waals surface area contributed by atoms with E-state index in [-0.39, 0.29) is 0 Å². The van der Waals surface area contributed by atoms with Crippen molar-refractivity contribution >= 4 is 23.2 Å². The highest BCUT2D eigenvalue weighted by Gasteiger charge is 2.09. The number of unbranched alkanes of at least 4 members (excludes halogenated alkanes) is 1. The van der Waals surface area contributed by atoms with Crippen LogP contribution in [0.1, 0.15) is 31.7 Å². The maximum absolute atomic E-state index is 6.02. The number of hydrogen-bond acceptors (Lipinski definition) is 1. The van der Waals surface area contributed by atoms with Gasteiger partial charge in [0.1, 0.15) is 0 Å². The largest absolute Gasteiger partial charge is 0.314 e. The first-order valence-corrected chi connectivity index (χ1v) is 7.03. The number of hydrogen-bond donors (Lipinski definition) is 1. The molecule has 1 aromatic carbocycles. The molecule has 3 heteroatoms. The number of likely N-dealkylation sites (N-methyl/N-ethyl adjacent to an activating group) is 1. The molecule has 1 aromatic rings. The van der Waals surface area contributed by atoms with E-state index in [4.69, 9.17) is 29.6 Å². The van der Waals surface area contributed by atoms with Crippen LogP contribution in [0.5, 0.6) is 0 Å². The molecule has 18 heavy (non-hydrogen) atoms. The molecule has 0 radical (unpaired) electrons. The molecule has 98 valence electrons.